The van der Waals surface area contributed by atoms with E-state index in [1.54, 1.807) is 0 Å². The topological polar surface area (TPSA) is 82.3 Å². The lowest BCUT2D eigenvalue weighted by molar-refractivity contribution is -0.391. The van der Waals surface area contributed by atoms with E-state index in [1.807, 2.05) is 0 Å². The molecule has 9 heteroatoms. The van der Waals surface area contributed by atoms with E-state index in [0.29, 0.717) is 0 Å². The van der Waals surface area contributed by atoms with E-state index >= 15 is 0 Å². The van der Waals surface area contributed by atoms with Crippen LogP contribution in [0.5, 0.6) is 0 Å². The van der Waals surface area contributed by atoms with Gasteiger partial charge < -0.3 is 14.9 Å². The van der Waals surface area contributed by atoms with Crippen molar-refractivity contribution in [3.63, 3.8) is 0 Å². The maximum Gasteiger partial charge on any atom is 0.372 e. The number of hydrogen-bond donors (Lipinski definition) is 0. The van der Waals surface area contributed by atoms with Crippen molar-refractivity contribution in [2.75, 3.05) is 7.11 Å². The van der Waals surface area contributed by atoms with Gasteiger partial charge in [-0.3, -0.25) is 4.79 Å². The molecule has 0 spiro atoms. The Kier molecular flexibility index (Phi) is 4.65. The fourth-order valence-corrected chi connectivity index (χ4v) is 1.65. The Morgan fingerprint density at radius 1 is 1.67 bits per heavy atom. The van der Waals surface area contributed by atoms with Gasteiger partial charge in [-0.15, -0.1) is 0 Å². The number of rotatable bonds is 4. The van der Waals surface area contributed by atoms with Gasteiger partial charge in [0.2, 0.25) is 0 Å². The minimum atomic E-state index is -3.03. The summed E-state index contributed by atoms with van der Waals surface area (Å²) >= 11 is 2.93. The maximum atomic E-state index is 12.6. The first kappa shape index (κ1) is 14.4. The molecule has 1 heterocycles. The number of methoxy groups -OCH3 is 1. The zero-order valence-electron chi connectivity index (χ0n) is 9.02. The molecule has 0 aliphatic heterocycles. The van der Waals surface area contributed by atoms with Crippen LogP contribution < -0.4 is 0 Å². The van der Waals surface area contributed by atoms with Crippen LogP contribution in [-0.2, 0) is 16.0 Å². The monoisotopic (exact) mass is 324 g/mol. The zero-order chi connectivity index (χ0) is 13.9. The molecule has 1 rings (SSSR count). The Morgan fingerprint density at radius 3 is 2.72 bits per heavy atom. The molecule has 0 amide bonds. The van der Waals surface area contributed by atoms with Gasteiger partial charge in [-0.25, -0.2) is 8.78 Å². The number of ether oxygens (including phenoxy) is 1. The highest BCUT2D eigenvalue weighted by Gasteiger charge is 2.27. The van der Waals surface area contributed by atoms with Crippen LogP contribution in [0.4, 0.5) is 14.6 Å². The first-order chi connectivity index (χ1) is 8.36. The molecule has 0 unspecified atom stereocenters. The largest absolute Gasteiger partial charge is 0.469 e. The highest BCUT2D eigenvalue weighted by atomic mass is 79.9. The molecule has 0 aliphatic carbocycles. The Labute approximate surface area is 108 Å². The molecule has 6 nitrogen and oxygen atoms in total. The van der Waals surface area contributed by atoms with Crippen LogP contribution >= 0.6 is 15.9 Å². The third kappa shape index (κ3) is 3.19. The van der Waals surface area contributed by atoms with E-state index in [0.717, 1.165) is 13.2 Å². The Balaban J connectivity index is 3.27. The van der Waals surface area contributed by atoms with Gasteiger partial charge in [0, 0.05) is 0 Å². The number of nitrogens with zero attached hydrogens (tertiary/aromatic N) is 2. The normalized spacial score (nSPS) is 10.5. The number of carbonyl (C=O) groups is 1. The lowest BCUT2D eigenvalue weighted by atomic mass is 10.2. The first-order valence-electron chi connectivity index (χ1n) is 4.55. The van der Waals surface area contributed by atoms with E-state index < -0.39 is 28.7 Å². The van der Waals surface area contributed by atoms with Gasteiger partial charge in [0.05, 0.1) is 11.6 Å². The quantitative estimate of drug-likeness (QED) is 0.482. The van der Waals surface area contributed by atoms with Crippen molar-refractivity contribution in [1.29, 1.82) is 0 Å². The van der Waals surface area contributed by atoms with Crippen molar-refractivity contribution >= 4 is 27.7 Å². The lowest BCUT2D eigenvalue weighted by Gasteiger charge is -2.04. The summed E-state index contributed by atoms with van der Waals surface area (Å²) in [5.41, 5.74) is -0.835. The molecule has 0 bridgehead atoms. The molecule has 98 valence electrons. The summed E-state index contributed by atoms with van der Waals surface area (Å²) in [6, 6.07) is 0.883. The zero-order valence-corrected chi connectivity index (χ0v) is 10.6. The van der Waals surface area contributed by atoms with Crippen molar-refractivity contribution in [1.82, 2.24) is 4.98 Å². The molecule has 18 heavy (non-hydrogen) atoms. The SMILES string of the molecule is COC(=O)Cc1nc([N+](=O)[O-])c(C(F)F)cc1Br. The van der Waals surface area contributed by atoms with Gasteiger partial charge in [-0.1, -0.05) is 0 Å². The van der Waals surface area contributed by atoms with Crippen LogP contribution in [-0.4, -0.2) is 23.0 Å². The molecule has 1 aromatic heterocycles. The highest BCUT2D eigenvalue weighted by molar-refractivity contribution is 9.10. The highest BCUT2D eigenvalue weighted by Crippen LogP contribution is 2.31. The van der Waals surface area contributed by atoms with Gasteiger partial charge in [0.25, 0.3) is 6.43 Å². The van der Waals surface area contributed by atoms with Gasteiger partial charge >= 0.3 is 11.8 Å². The Hall–Kier alpha value is -1.64. The Bertz CT molecular complexity index is 496. The number of nitro groups is 1. The van der Waals surface area contributed by atoms with Gasteiger partial charge in [-0.2, -0.15) is 0 Å². The van der Waals surface area contributed by atoms with Crippen LogP contribution in [0.1, 0.15) is 17.7 Å². The van der Waals surface area contributed by atoms with Gasteiger partial charge in [-0.05, 0) is 31.9 Å². The van der Waals surface area contributed by atoms with Crippen molar-refractivity contribution in [2.45, 2.75) is 12.8 Å². The summed E-state index contributed by atoms with van der Waals surface area (Å²) in [4.78, 5) is 24.1. The van der Waals surface area contributed by atoms with Crippen LogP contribution in [0.3, 0.4) is 0 Å². The van der Waals surface area contributed by atoms with Crippen molar-refractivity contribution in [3.8, 4) is 0 Å². The predicted molar refractivity (Wildman–Crippen MR) is 59.3 cm³/mol. The number of alkyl halides is 2. The third-order valence-electron chi connectivity index (χ3n) is 2.00. The molecular weight excluding hydrogens is 318 g/mol. The molecular formula is C9H7BrF2N2O4. The molecule has 0 aromatic carbocycles. The van der Waals surface area contributed by atoms with Crippen molar-refractivity contribution in [3.05, 3.63) is 31.9 Å². The van der Waals surface area contributed by atoms with Crippen LogP contribution in [0.15, 0.2) is 10.5 Å². The lowest BCUT2D eigenvalue weighted by Crippen LogP contribution is -2.09. The van der Waals surface area contributed by atoms with E-state index in [1.165, 1.54) is 0 Å². The number of carbonyl (C=O) groups excluding carboxylic acids is 1. The molecule has 0 aliphatic rings. The molecule has 0 radical (unpaired) electrons. The number of esters is 1. The Morgan fingerprint density at radius 2 is 2.28 bits per heavy atom. The molecule has 1 aromatic rings. The predicted octanol–water partition coefficient (Wildman–Crippen LogP) is 2.41. The molecule has 0 N–H and O–H groups in total. The molecule has 0 fully saturated rings. The average molecular weight is 325 g/mol. The summed E-state index contributed by atoms with van der Waals surface area (Å²) in [5.74, 6) is -1.64. The number of hydrogen-bond acceptors (Lipinski definition) is 5. The summed E-state index contributed by atoms with van der Waals surface area (Å²) in [6.07, 6.45) is -3.37. The summed E-state index contributed by atoms with van der Waals surface area (Å²) in [5, 5.41) is 10.6. The number of halogens is 3. The minimum absolute atomic E-state index is 0.0297. The van der Waals surface area contributed by atoms with E-state index in [-0.39, 0.29) is 16.6 Å². The van der Waals surface area contributed by atoms with Gasteiger partial charge in [0.15, 0.2) is 5.69 Å². The second-order valence-electron chi connectivity index (χ2n) is 3.14. The minimum Gasteiger partial charge on any atom is -0.469 e. The fourth-order valence-electron chi connectivity index (χ4n) is 1.17. The number of pyridine rings is 1. The molecule has 0 atom stereocenters. The second-order valence-corrected chi connectivity index (χ2v) is 3.99. The molecule has 0 saturated heterocycles. The smallest absolute Gasteiger partial charge is 0.372 e. The summed E-state index contributed by atoms with van der Waals surface area (Å²) in [6.45, 7) is 0. The van der Waals surface area contributed by atoms with E-state index in [9.17, 15) is 23.7 Å². The number of aromatic nitrogens is 1. The summed E-state index contributed by atoms with van der Waals surface area (Å²) in [7, 11) is 1.14. The van der Waals surface area contributed by atoms with Crippen LogP contribution in [0.25, 0.3) is 0 Å². The fraction of sp³-hybridized carbons (Fsp3) is 0.333. The van der Waals surface area contributed by atoms with E-state index in [4.69, 9.17) is 0 Å². The maximum absolute atomic E-state index is 12.6. The average Bonchev–Trinajstić information content (AvgIpc) is 2.30. The third-order valence-corrected chi connectivity index (χ3v) is 2.69. The van der Waals surface area contributed by atoms with Crippen LogP contribution in [0, 0.1) is 10.1 Å². The first-order valence-corrected chi connectivity index (χ1v) is 5.34. The van der Waals surface area contributed by atoms with E-state index in [2.05, 4.69) is 25.7 Å². The summed E-state index contributed by atoms with van der Waals surface area (Å²) < 4.78 is 29.6. The van der Waals surface area contributed by atoms with Crippen molar-refractivity contribution < 1.29 is 23.2 Å². The molecule has 0 saturated carbocycles. The van der Waals surface area contributed by atoms with Crippen molar-refractivity contribution in [2.24, 2.45) is 0 Å². The van der Waals surface area contributed by atoms with Gasteiger partial charge in [0.1, 0.15) is 12.0 Å². The second kappa shape index (κ2) is 5.80. The van der Waals surface area contributed by atoms with Crippen LogP contribution in [0.2, 0.25) is 0 Å². The standard InChI is InChI=1S/C9H7BrF2N2O4/c1-18-7(15)3-6-5(10)2-4(8(11)12)9(13-6)14(16)17/h2,8H,3H2,1H3.